The normalized spacial score (nSPS) is 12.2. The molecule has 0 radical (unpaired) electrons. The Morgan fingerprint density at radius 2 is 1.11 bits per heavy atom. The lowest BCUT2D eigenvalue weighted by atomic mass is 10.1. The summed E-state index contributed by atoms with van der Waals surface area (Å²) in [4.78, 5) is 12.6. The van der Waals surface area contributed by atoms with E-state index in [1.54, 1.807) is 0 Å². The van der Waals surface area contributed by atoms with Crippen LogP contribution in [0.4, 0.5) is 0 Å². The molecule has 1 aliphatic heterocycles. The molecule has 2 aromatic heterocycles. The van der Waals surface area contributed by atoms with Crippen LogP contribution in [-0.4, -0.2) is 14.5 Å². The minimum atomic E-state index is 0.715. The van der Waals surface area contributed by atoms with E-state index in [1.807, 2.05) is 36.0 Å². The van der Waals surface area contributed by atoms with Gasteiger partial charge in [0.15, 0.2) is 5.82 Å². The summed E-state index contributed by atoms with van der Waals surface area (Å²) >= 11 is 1.84. The zero-order chi connectivity index (χ0) is 30.5. The fraction of sp³-hybridized carbons (Fsp3) is 0. The second-order valence-corrected chi connectivity index (χ2v) is 12.6. The Kier molecular flexibility index (Phi) is 6.39. The first-order valence-corrected chi connectivity index (χ1v) is 16.2. The van der Waals surface area contributed by atoms with Crippen molar-refractivity contribution in [1.82, 2.24) is 14.5 Å². The second-order valence-electron chi connectivity index (χ2n) is 11.5. The Labute approximate surface area is 271 Å². The Bertz CT molecular complexity index is 2380. The highest BCUT2D eigenvalue weighted by molar-refractivity contribution is 7.99. The number of nitrogens with zero attached hydrogens (tertiary/aromatic N) is 3. The van der Waals surface area contributed by atoms with E-state index in [-0.39, 0.29) is 0 Å². The standard InChI is InChI=1S/C42H27N3S/c1-3-12-28(13-4-1)36-26-37(44-42(43-36)30-15-5-2-6-16-30)31-17-11-18-33(24-31)45-38-20-9-8-19-34(38)35-25-32-23-22-29-14-7-10-21-40(29)46-41(32)27-39(35)45/h1-27H. The lowest BCUT2D eigenvalue weighted by molar-refractivity contribution is 1.16. The average Bonchev–Trinajstić information content (AvgIpc) is 3.32. The maximum atomic E-state index is 5.10. The van der Waals surface area contributed by atoms with Crippen LogP contribution in [0.2, 0.25) is 0 Å². The van der Waals surface area contributed by atoms with Crippen molar-refractivity contribution in [3.8, 4) is 39.6 Å². The third-order valence-corrected chi connectivity index (χ3v) is 9.78. The van der Waals surface area contributed by atoms with Crippen LogP contribution in [0.1, 0.15) is 11.1 Å². The van der Waals surface area contributed by atoms with Crippen LogP contribution < -0.4 is 0 Å². The van der Waals surface area contributed by atoms with Gasteiger partial charge >= 0.3 is 0 Å². The first-order chi connectivity index (χ1) is 22.8. The molecule has 0 saturated carbocycles. The molecule has 216 valence electrons. The molecular formula is C42H27N3S. The van der Waals surface area contributed by atoms with E-state index in [0.717, 1.165) is 33.8 Å². The molecule has 0 aliphatic carbocycles. The smallest absolute Gasteiger partial charge is 0.160 e. The first kappa shape index (κ1) is 26.7. The summed E-state index contributed by atoms with van der Waals surface area (Å²) in [7, 11) is 0. The third-order valence-electron chi connectivity index (χ3n) is 8.61. The number of fused-ring (bicyclic) bond motifs is 5. The summed E-state index contributed by atoms with van der Waals surface area (Å²) in [5.74, 6) is 0.715. The van der Waals surface area contributed by atoms with Crippen molar-refractivity contribution >= 4 is 45.7 Å². The van der Waals surface area contributed by atoms with Gasteiger partial charge in [-0.2, -0.15) is 0 Å². The minimum absolute atomic E-state index is 0.715. The number of aromatic nitrogens is 3. The highest BCUT2D eigenvalue weighted by Crippen LogP contribution is 2.42. The lowest BCUT2D eigenvalue weighted by Crippen LogP contribution is -1.98. The van der Waals surface area contributed by atoms with Crippen molar-refractivity contribution in [3.63, 3.8) is 0 Å². The van der Waals surface area contributed by atoms with Crippen LogP contribution in [0, 0.1) is 0 Å². The van der Waals surface area contributed by atoms with E-state index < -0.39 is 0 Å². The molecule has 9 rings (SSSR count). The fourth-order valence-corrected chi connectivity index (χ4v) is 7.44. The van der Waals surface area contributed by atoms with Crippen LogP contribution in [0.25, 0.3) is 73.5 Å². The number of rotatable bonds is 4. The van der Waals surface area contributed by atoms with Crippen LogP contribution in [-0.2, 0) is 0 Å². The maximum absolute atomic E-state index is 5.10. The van der Waals surface area contributed by atoms with Gasteiger partial charge in [0.1, 0.15) is 0 Å². The summed E-state index contributed by atoms with van der Waals surface area (Å²) in [5, 5.41) is 2.49. The summed E-state index contributed by atoms with van der Waals surface area (Å²) in [5.41, 5.74) is 10.9. The number of para-hydroxylation sites is 1. The monoisotopic (exact) mass is 605 g/mol. The number of hydrogen-bond donors (Lipinski definition) is 0. The van der Waals surface area contributed by atoms with Crippen molar-refractivity contribution in [1.29, 1.82) is 0 Å². The summed E-state index contributed by atoms with van der Waals surface area (Å²) in [6.45, 7) is 0. The largest absolute Gasteiger partial charge is 0.309 e. The average molecular weight is 606 g/mol. The molecule has 0 unspecified atom stereocenters. The molecule has 0 N–H and O–H groups in total. The zero-order valence-corrected chi connectivity index (χ0v) is 25.7. The maximum Gasteiger partial charge on any atom is 0.160 e. The third kappa shape index (κ3) is 4.63. The molecule has 1 aliphatic rings. The molecule has 3 nitrogen and oxygen atoms in total. The molecule has 46 heavy (non-hydrogen) atoms. The van der Waals surface area contributed by atoms with Gasteiger partial charge in [-0.3, -0.25) is 0 Å². The minimum Gasteiger partial charge on any atom is -0.309 e. The van der Waals surface area contributed by atoms with Gasteiger partial charge in [-0.15, -0.1) is 0 Å². The molecule has 0 atom stereocenters. The molecule has 0 amide bonds. The highest BCUT2D eigenvalue weighted by Gasteiger charge is 2.18. The Morgan fingerprint density at radius 3 is 1.96 bits per heavy atom. The van der Waals surface area contributed by atoms with Gasteiger partial charge in [0.25, 0.3) is 0 Å². The van der Waals surface area contributed by atoms with Gasteiger partial charge in [-0.1, -0.05) is 133 Å². The molecule has 0 fully saturated rings. The van der Waals surface area contributed by atoms with Gasteiger partial charge in [0.2, 0.25) is 0 Å². The Morgan fingerprint density at radius 1 is 0.435 bits per heavy atom. The number of benzene rings is 6. The summed E-state index contributed by atoms with van der Waals surface area (Å²) in [6.07, 6.45) is 4.49. The van der Waals surface area contributed by atoms with Crippen molar-refractivity contribution in [2.45, 2.75) is 9.79 Å². The second kappa shape index (κ2) is 11.0. The quantitative estimate of drug-likeness (QED) is 0.200. The molecule has 0 bridgehead atoms. The van der Waals surface area contributed by atoms with E-state index in [2.05, 4.69) is 144 Å². The molecular weight excluding hydrogens is 579 g/mol. The van der Waals surface area contributed by atoms with E-state index in [1.165, 1.54) is 42.7 Å². The van der Waals surface area contributed by atoms with Crippen molar-refractivity contribution in [3.05, 3.63) is 163 Å². The van der Waals surface area contributed by atoms with Gasteiger partial charge < -0.3 is 4.57 Å². The van der Waals surface area contributed by atoms with Gasteiger partial charge in [-0.25, -0.2) is 9.97 Å². The predicted molar refractivity (Wildman–Crippen MR) is 192 cm³/mol. The van der Waals surface area contributed by atoms with E-state index >= 15 is 0 Å². The first-order valence-electron chi connectivity index (χ1n) is 15.4. The van der Waals surface area contributed by atoms with Gasteiger partial charge in [-0.05, 0) is 53.6 Å². The van der Waals surface area contributed by atoms with Crippen molar-refractivity contribution < 1.29 is 0 Å². The summed E-state index contributed by atoms with van der Waals surface area (Å²) < 4.78 is 2.40. The number of hydrogen-bond acceptors (Lipinski definition) is 3. The van der Waals surface area contributed by atoms with Crippen molar-refractivity contribution in [2.75, 3.05) is 0 Å². The molecule has 8 aromatic rings. The van der Waals surface area contributed by atoms with Crippen molar-refractivity contribution in [2.24, 2.45) is 0 Å². The molecule has 0 spiro atoms. The van der Waals surface area contributed by atoms with Gasteiger partial charge in [0.05, 0.1) is 22.4 Å². The molecule has 0 saturated heterocycles. The Hall–Kier alpha value is -5.71. The molecule has 4 heteroatoms. The summed E-state index contributed by atoms with van der Waals surface area (Å²) in [6, 6.07) is 53.4. The SMILES string of the molecule is C1=Cc2cc3c4ccccc4n(-c4cccc(-c5cc(-c6ccccc6)nc(-c6ccccc6)n5)c4)c3cc2Sc2ccccc21. The van der Waals surface area contributed by atoms with E-state index in [9.17, 15) is 0 Å². The van der Waals surface area contributed by atoms with Crippen LogP contribution >= 0.6 is 11.8 Å². The topological polar surface area (TPSA) is 30.7 Å². The lowest BCUT2D eigenvalue weighted by Gasteiger charge is -2.13. The Balaban J connectivity index is 1.23. The van der Waals surface area contributed by atoms with E-state index in [0.29, 0.717) is 5.82 Å². The van der Waals surface area contributed by atoms with Crippen LogP contribution in [0.3, 0.4) is 0 Å². The van der Waals surface area contributed by atoms with Crippen LogP contribution in [0.15, 0.2) is 161 Å². The predicted octanol–water partition coefficient (Wildman–Crippen LogP) is 11.2. The van der Waals surface area contributed by atoms with Gasteiger partial charge in [0, 0.05) is 42.9 Å². The van der Waals surface area contributed by atoms with E-state index in [4.69, 9.17) is 9.97 Å². The van der Waals surface area contributed by atoms with Crippen LogP contribution in [0.5, 0.6) is 0 Å². The molecule has 6 aromatic carbocycles. The fourth-order valence-electron chi connectivity index (χ4n) is 6.39. The molecule has 3 heterocycles. The highest BCUT2D eigenvalue weighted by atomic mass is 32.2. The zero-order valence-electron chi connectivity index (χ0n) is 24.8.